The van der Waals surface area contributed by atoms with Crippen molar-refractivity contribution in [3.63, 3.8) is 0 Å². The molecule has 0 aliphatic heterocycles. The fraction of sp³-hybridized carbons (Fsp3) is 0.600. The lowest BCUT2D eigenvalue weighted by Gasteiger charge is -2.29. The number of allylic oxidation sites excluding steroid dienone is 1. The minimum atomic E-state index is -2.05. The largest absolute Gasteiger partial charge is 0.445 e. The predicted molar refractivity (Wildman–Crippen MR) is 82.8 cm³/mol. The summed E-state index contributed by atoms with van der Waals surface area (Å²) in [7, 11) is -0.643. The molecule has 6 nitrogen and oxygen atoms in total. The summed E-state index contributed by atoms with van der Waals surface area (Å²) in [6, 6.07) is 1.82. The molecule has 1 aromatic rings. The van der Waals surface area contributed by atoms with Crippen molar-refractivity contribution in [3.05, 3.63) is 24.0 Å². The highest BCUT2D eigenvalue weighted by Crippen LogP contribution is 2.23. The first-order valence-electron chi connectivity index (χ1n) is 6.30. The van der Waals surface area contributed by atoms with Gasteiger partial charge < -0.3 is 13.3 Å². The summed E-state index contributed by atoms with van der Waals surface area (Å²) >= 11 is 0. The Morgan fingerprint density at radius 3 is 2.68 bits per heavy atom. The fourth-order valence-electron chi connectivity index (χ4n) is 2.01. The Labute approximate surface area is 121 Å². The van der Waals surface area contributed by atoms with Crippen molar-refractivity contribution in [1.29, 1.82) is 0 Å². The fourth-order valence-corrected chi connectivity index (χ4v) is 8.76. The molecule has 1 N–H and O–H groups in total. The second-order valence-corrected chi connectivity index (χ2v) is 10.6. The molecular weight excluding hydrogens is 294 g/mol. The highest BCUT2D eigenvalue weighted by Gasteiger charge is 2.33. The van der Waals surface area contributed by atoms with Gasteiger partial charge in [0.25, 0.3) is 0 Å². The number of aryl methyl sites for hydroxylation is 1. The standard InChI is InChI=1S/C10H23N3O3Si3/c1-9(2)8-19(15-17,16-18)5-3-4-13-6-10(7-14)11-12-13/h6,14H,1,3-5,7-8H2,2,17-18H3. The highest BCUT2D eigenvalue weighted by molar-refractivity contribution is 6.73. The molecule has 0 unspecified atom stereocenters. The number of aliphatic hydroxyl groups is 1. The van der Waals surface area contributed by atoms with Crippen molar-refractivity contribution in [3.8, 4) is 0 Å². The van der Waals surface area contributed by atoms with Crippen LogP contribution in [0.2, 0.25) is 12.1 Å². The third-order valence-corrected chi connectivity index (χ3v) is 11.2. The summed E-state index contributed by atoms with van der Waals surface area (Å²) in [5, 5.41) is 16.7. The van der Waals surface area contributed by atoms with Crippen molar-refractivity contribution in [2.24, 2.45) is 0 Å². The molecule has 1 heterocycles. The second kappa shape index (κ2) is 7.87. The van der Waals surface area contributed by atoms with Crippen molar-refractivity contribution in [2.75, 3.05) is 0 Å². The highest BCUT2D eigenvalue weighted by atomic mass is 28.4. The summed E-state index contributed by atoms with van der Waals surface area (Å²) in [5.74, 6) is 0. The molecule has 0 spiro atoms. The van der Waals surface area contributed by atoms with Crippen molar-refractivity contribution in [1.82, 2.24) is 15.0 Å². The smallest absolute Gasteiger partial charge is 0.320 e. The van der Waals surface area contributed by atoms with Crippen LogP contribution in [0.5, 0.6) is 0 Å². The lowest BCUT2D eigenvalue weighted by molar-refractivity contribution is 0.276. The van der Waals surface area contributed by atoms with Gasteiger partial charge in [-0.1, -0.05) is 10.8 Å². The van der Waals surface area contributed by atoms with Gasteiger partial charge in [-0.05, 0) is 19.4 Å². The van der Waals surface area contributed by atoms with Crippen LogP contribution in [-0.4, -0.2) is 49.6 Å². The topological polar surface area (TPSA) is 69.4 Å². The first-order chi connectivity index (χ1) is 9.05. The van der Waals surface area contributed by atoms with E-state index in [9.17, 15) is 0 Å². The number of aliphatic hydroxyl groups excluding tert-OH is 1. The lowest BCUT2D eigenvalue weighted by atomic mass is 10.4. The zero-order chi connectivity index (χ0) is 14.3. The third-order valence-electron chi connectivity index (χ3n) is 3.01. The zero-order valence-corrected chi connectivity index (χ0v) is 16.9. The summed E-state index contributed by atoms with van der Waals surface area (Å²) < 4.78 is 13.4. The molecular formula is C10H23N3O3Si3. The molecule has 0 atom stereocenters. The molecule has 0 amide bonds. The molecule has 0 saturated heterocycles. The van der Waals surface area contributed by atoms with Gasteiger partial charge in [-0.25, -0.2) is 0 Å². The number of hydrogen-bond acceptors (Lipinski definition) is 5. The van der Waals surface area contributed by atoms with Gasteiger partial charge in [-0.3, -0.25) is 4.68 Å². The third kappa shape index (κ3) is 5.12. The molecule has 0 fully saturated rings. The van der Waals surface area contributed by atoms with Crippen LogP contribution in [0.15, 0.2) is 18.3 Å². The number of hydrogen-bond donors (Lipinski definition) is 1. The van der Waals surface area contributed by atoms with Crippen LogP contribution in [0.25, 0.3) is 0 Å². The summed E-state index contributed by atoms with van der Waals surface area (Å²) in [6.07, 6.45) is 2.71. The minimum Gasteiger partial charge on any atom is -0.445 e. The monoisotopic (exact) mass is 317 g/mol. The second-order valence-electron chi connectivity index (χ2n) is 4.69. The Bertz CT molecular complexity index is 410. The SMILES string of the molecule is C=C(C)C[Si](CCCn1cc(CO)nn1)(O[SiH3])O[SiH3]. The lowest BCUT2D eigenvalue weighted by Crippen LogP contribution is -2.41. The van der Waals surface area contributed by atoms with Gasteiger partial charge >= 0.3 is 8.56 Å². The first-order valence-corrected chi connectivity index (χ1v) is 10.2. The maximum absolute atomic E-state index is 8.93. The van der Waals surface area contributed by atoms with Gasteiger partial charge in [0.05, 0.1) is 12.8 Å². The zero-order valence-electron chi connectivity index (χ0n) is 11.9. The number of rotatable bonds is 9. The van der Waals surface area contributed by atoms with E-state index in [2.05, 4.69) is 16.9 Å². The van der Waals surface area contributed by atoms with Gasteiger partial charge in [0.2, 0.25) is 0 Å². The molecule has 0 saturated carbocycles. The summed E-state index contributed by atoms with van der Waals surface area (Å²) in [5.41, 5.74) is 1.73. The van der Waals surface area contributed by atoms with E-state index in [0.717, 1.165) is 30.6 Å². The molecule has 0 aromatic carbocycles. The van der Waals surface area contributed by atoms with Gasteiger partial charge in [-0.2, -0.15) is 0 Å². The molecule has 108 valence electrons. The van der Waals surface area contributed by atoms with E-state index in [-0.39, 0.29) is 6.61 Å². The molecule has 0 aliphatic rings. The minimum absolute atomic E-state index is 0.0678. The quantitative estimate of drug-likeness (QED) is 0.456. The van der Waals surface area contributed by atoms with Crippen LogP contribution in [-0.2, 0) is 21.4 Å². The Kier molecular flexibility index (Phi) is 6.82. The van der Waals surface area contributed by atoms with Crippen LogP contribution >= 0.6 is 0 Å². The van der Waals surface area contributed by atoms with Crippen LogP contribution < -0.4 is 0 Å². The Morgan fingerprint density at radius 2 is 2.21 bits per heavy atom. The van der Waals surface area contributed by atoms with E-state index in [1.54, 1.807) is 10.9 Å². The summed E-state index contributed by atoms with van der Waals surface area (Å²) in [6.45, 7) is 6.69. The molecule has 0 aliphatic carbocycles. The Balaban J connectivity index is 2.50. The van der Waals surface area contributed by atoms with E-state index in [0.29, 0.717) is 26.7 Å². The van der Waals surface area contributed by atoms with E-state index in [1.807, 2.05) is 6.92 Å². The van der Waals surface area contributed by atoms with Crippen LogP contribution in [0.1, 0.15) is 19.0 Å². The van der Waals surface area contributed by atoms with Gasteiger partial charge in [0.15, 0.2) is 0 Å². The Morgan fingerprint density at radius 1 is 1.53 bits per heavy atom. The number of aromatic nitrogens is 3. The van der Waals surface area contributed by atoms with Crippen LogP contribution in [0.3, 0.4) is 0 Å². The molecule has 0 radical (unpaired) electrons. The van der Waals surface area contributed by atoms with Crippen LogP contribution in [0.4, 0.5) is 0 Å². The first kappa shape index (κ1) is 16.5. The predicted octanol–water partition coefficient (Wildman–Crippen LogP) is -1.23. The van der Waals surface area contributed by atoms with Crippen LogP contribution in [0, 0.1) is 0 Å². The average molecular weight is 318 g/mol. The summed E-state index contributed by atoms with van der Waals surface area (Å²) in [4.78, 5) is 0. The maximum Gasteiger partial charge on any atom is 0.320 e. The van der Waals surface area contributed by atoms with E-state index >= 15 is 0 Å². The molecule has 9 heteroatoms. The van der Waals surface area contributed by atoms with Crippen molar-refractivity contribution < 1.29 is 13.3 Å². The van der Waals surface area contributed by atoms with E-state index < -0.39 is 8.56 Å². The number of nitrogens with zero attached hydrogens (tertiary/aromatic N) is 3. The van der Waals surface area contributed by atoms with Gasteiger partial charge in [-0.15, -0.1) is 11.7 Å². The average Bonchev–Trinajstić information content (AvgIpc) is 2.85. The van der Waals surface area contributed by atoms with E-state index in [1.165, 1.54) is 0 Å². The molecule has 1 aromatic heterocycles. The Hall–Kier alpha value is -0.589. The molecule has 1 rings (SSSR count). The molecule has 19 heavy (non-hydrogen) atoms. The van der Waals surface area contributed by atoms with Crippen molar-refractivity contribution >= 4 is 29.5 Å². The molecule has 0 bridgehead atoms. The van der Waals surface area contributed by atoms with E-state index in [4.69, 9.17) is 13.3 Å². The maximum atomic E-state index is 8.93. The van der Waals surface area contributed by atoms with Gasteiger partial charge in [0, 0.05) is 12.6 Å². The van der Waals surface area contributed by atoms with Crippen molar-refractivity contribution in [2.45, 2.75) is 38.6 Å². The van der Waals surface area contributed by atoms with Gasteiger partial charge in [0.1, 0.15) is 26.7 Å². The normalized spacial score (nSPS) is 14.6.